The summed E-state index contributed by atoms with van der Waals surface area (Å²) in [5.41, 5.74) is 0. The molecule has 1 saturated carbocycles. The Kier molecular flexibility index (Phi) is 5.49. The van der Waals surface area contributed by atoms with Gasteiger partial charge in [-0.15, -0.1) is 11.8 Å². The Morgan fingerprint density at radius 2 is 2.10 bits per heavy atom. The van der Waals surface area contributed by atoms with E-state index < -0.39 is 0 Å². The van der Waals surface area contributed by atoms with E-state index >= 15 is 0 Å². The number of hydrogen-bond donors (Lipinski definition) is 0. The molecule has 1 aliphatic carbocycles. The summed E-state index contributed by atoms with van der Waals surface area (Å²) in [6, 6.07) is 7.41. The molecule has 0 bridgehead atoms. The van der Waals surface area contributed by atoms with Crippen molar-refractivity contribution in [3.63, 3.8) is 0 Å². The summed E-state index contributed by atoms with van der Waals surface area (Å²) in [7, 11) is 0. The summed E-state index contributed by atoms with van der Waals surface area (Å²) in [5.74, 6) is -0.121. The standard InChI is InChI=1S/C15H17ClO3S/c1-2-19-15(18)10-3-8-13(17)14(9-10)20-12-6-4-11(16)5-7-12/h4-7,10,14H,2-3,8-9H2,1H3. The Morgan fingerprint density at radius 1 is 1.40 bits per heavy atom. The molecule has 0 spiro atoms. The molecule has 1 aromatic rings. The highest BCUT2D eigenvalue weighted by molar-refractivity contribution is 8.00. The van der Waals surface area contributed by atoms with Crippen LogP contribution in [0.2, 0.25) is 5.02 Å². The molecule has 2 rings (SSSR count). The van der Waals surface area contributed by atoms with Gasteiger partial charge in [0.15, 0.2) is 0 Å². The van der Waals surface area contributed by atoms with Crippen LogP contribution in [0.4, 0.5) is 0 Å². The van der Waals surface area contributed by atoms with Crippen LogP contribution in [0.25, 0.3) is 0 Å². The number of benzene rings is 1. The average Bonchev–Trinajstić information content (AvgIpc) is 2.44. The number of carbonyl (C=O) groups is 2. The maximum Gasteiger partial charge on any atom is 0.308 e. The number of halogens is 1. The van der Waals surface area contributed by atoms with Gasteiger partial charge in [-0.1, -0.05) is 11.6 Å². The lowest BCUT2D eigenvalue weighted by Gasteiger charge is -2.26. The van der Waals surface area contributed by atoms with E-state index in [1.807, 2.05) is 12.1 Å². The van der Waals surface area contributed by atoms with Crippen molar-refractivity contribution in [2.75, 3.05) is 6.61 Å². The van der Waals surface area contributed by atoms with Crippen LogP contribution < -0.4 is 0 Å². The first kappa shape index (κ1) is 15.4. The van der Waals surface area contributed by atoms with Crippen LogP contribution in [0, 0.1) is 5.92 Å². The highest BCUT2D eigenvalue weighted by atomic mass is 35.5. The lowest BCUT2D eigenvalue weighted by Crippen LogP contribution is -2.32. The minimum absolute atomic E-state index is 0.155. The SMILES string of the molecule is CCOC(=O)C1CCC(=O)C(Sc2ccc(Cl)cc2)C1. The third-order valence-electron chi connectivity index (χ3n) is 3.31. The molecule has 20 heavy (non-hydrogen) atoms. The molecular formula is C15H17ClO3S. The van der Waals surface area contributed by atoms with Crippen molar-refractivity contribution in [2.45, 2.75) is 36.3 Å². The van der Waals surface area contributed by atoms with Gasteiger partial charge in [0.2, 0.25) is 0 Å². The topological polar surface area (TPSA) is 43.4 Å². The fourth-order valence-corrected chi connectivity index (χ4v) is 3.58. The highest BCUT2D eigenvalue weighted by Gasteiger charge is 2.33. The molecule has 5 heteroatoms. The summed E-state index contributed by atoms with van der Waals surface area (Å²) < 4.78 is 5.05. The molecule has 0 N–H and O–H groups in total. The van der Waals surface area contributed by atoms with Crippen molar-refractivity contribution in [1.82, 2.24) is 0 Å². The van der Waals surface area contributed by atoms with Crippen molar-refractivity contribution < 1.29 is 14.3 Å². The first-order valence-electron chi connectivity index (χ1n) is 6.71. The normalized spacial score (nSPS) is 22.6. The minimum Gasteiger partial charge on any atom is -0.466 e. The van der Waals surface area contributed by atoms with Crippen LogP contribution in [0.5, 0.6) is 0 Å². The molecule has 0 amide bonds. The fraction of sp³-hybridized carbons (Fsp3) is 0.467. The van der Waals surface area contributed by atoms with E-state index in [1.54, 1.807) is 19.1 Å². The van der Waals surface area contributed by atoms with Gasteiger partial charge in [0, 0.05) is 16.3 Å². The molecule has 1 aliphatic rings. The summed E-state index contributed by atoms with van der Waals surface area (Å²) in [6.07, 6.45) is 1.62. The van der Waals surface area contributed by atoms with Crippen molar-refractivity contribution in [3.05, 3.63) is 29.3 Å². The molecule has 0 aromatic heterocycles. The smallest absolute Gasteiger partial charge is 0.308 e. The van der Waals surface area contributed by atoms with E-state index in [2.05, 4.69) is 0 Å². The Labute approximate surface area is 128 Å². The molecule has 1 aromatic carbocycles. The maximum absolute atomic E-state index is 12.0. The van der Waals surface area contributed by atoms with Crippen molar-refractivity contribution in [1.29, 1.82) is 0 Å². The number of esters is 1. The zero-order valence-electron chi connectivity index (χ0n) is 11.3. The first-order valence-corrected chi connectivity index (χ1v) is 7.97. The third-order valence-corrected chi connectivity index (χ3v) is 4.84. The van der Waals surface area contributed by atoms with Crippen LogP contribution in [-0.4, -0.2) is 23.6 Å². The van der Waals surface area contributed by atoms with Crippen LogP contribution >= 0.6 is 23.4 Å². The minimum atomic E-state index is -0.179. The zero-order chi connectivity index (χ0) is 14.5. The van der Waals surface area contributed by atoms with Gasteiger partial charge >= 0.3 is 5.97 Å². The largest absolute Gasteiger partial charge is 0.466 e. The second-order valence-corrected chi connectivity index (χ2v) is 6.46. The Balaban J connectivity index is 2.00. The van der Waals surface area contributed by atoms with Crippen molar-refractivity contribution in [3.8, 4) is 0 Å². The second-order valence-electron chi connectivity index (χ2n) is 4.75. The maximum atomic E-state index is 12.0. The second kappa shape index (κ2) is 7.14. The van der Waals surface area contributed by atoms with E-state index in [0.29, 0.717) is 30.9 Å². The Morgan fingerprint density at radius 3 is 2.75 bits per heavy atom. The van der Waals surface area contributed by atoms with Gasteiger partial charge in [-0.2, -0.15) is 0 Å². The van der Waals surface area contributed by atoms with Gasteiger partial charge in [0.25, 0.3) is 0 Å². The van der Waals surface area contributed by atoms with E-state index in [9.17, 15) is 9.59 Å². The van der Waals surface area contributed by atoms with E-state index in [4.69, 9.17) is 16.3 Å². The molecule has 0 heterocycles. The molecule has 2 atom stereocenters. The van der Waals surface area contributed by atoms with Gasteiger partial charge in [-0.25, -0.2) is 0 Å². The van der Waals surface area contributed by atoms with Crippen LogP contribution in [0.1, 0.15) is 26.2 Å². The molecule has 0 aliphatic heterocycles. The third kappa shape index (κ3) is 4.00. The Hall–Kier alpha value is -1.00. The van der Waals surface area contributed by atoms with Crippen LogP contribution in [0.3, 0.4) is 0 Å². The van der Waals surface area contributed by atoms with Gasteiger partial charge in [0.05, 0.1) is 17.8 Å². The molecule has 2 unspecified atom stereocenters. The van der Waals surface area contributed by atoms with Gasteiger partial charge in [0.1, 0.15) is 5.78 Å². The number of carbonyl (C=O) groups excluding carboxylic acids is 2. The lowest BCUT2D eigenvalue weighted by atomic mass is 9.88. The number of rotatable bonds is 4. The van der Waals surface area contributed by atoms with E-state index in [1.165, 1.54) is 11.8 Å². The van der Waals surface area contributed by atoms with E-state index in [-0.39, 0.29) is 22.9 Å². The molecular weight excluding hydrogens is 296 g/mol. The summed E-state index contributed by atoms with van der Waals surface area (Å²) in [6.45, 7) is 2.18. The zero-order valence-corrected chi connectivity index (χ0v) is 12.9. The summed E-state index contributed by atoms with van der Waals surface area (Å²) in [4.78, 5) is 24.8. The number of ketones is 1. The number of hydrogen-bond acceptors (Lipinski definition) is 4. The Bertz CT molecular complexity index is 486. The molecule has 3 nitrogen and oxygen atoms in total. The highest BCUT2D eigenvalue weighted by Crippen LogP contribution is 2.35. The average molecular weight is 313 g/mol. The van der Waals surface area contributed by atoms with Crippen molar-refractivity contribution in [2.24, 2.45) is 5.92 Å². The molecule has 1 fully saturated rings. The van der Waals surface area contributed by atoms with Gasteiger partial charge in [-0.05, 0) is 44.0 Å². The number of thioether (sulfide) groups is 1. The summed E-state index contributed by atoms with van der Waals surface area (Å²) in [5, 5.41) is 0.507. The number of Topliss-reactive ketones (excluding diaryl/α,β-unsaturated/α-hetero) is 1. The molecule has 0 saturated heterocycles. The van der Waals surface area contributed by atoms with Crippen LogP contribution in [-0.2, 0) is 14.3 Å². The molecule has 0 radical (unpaired) electrons. The van der Waals surface area contributed by atoms with Crippen molar-refractivity contribution >= 4 is 35.1 Å². The van der Waals surface area contributed by atoms with E-state index in [0.717, 1.165) is 4.90 Å². The quantitative estimate of drug-likeness (QED) is 0.795. The predicted molar refractivity (Wildman–Crippen MR) is 80.1 cm³/mol. The predicted octanol–water partition coefficient (Wildman–Crippen LogP) is 3.73. The number of ether oxygens (including phenoxy) is 1. The lowest BCUT2D eigenvalue weighted by molar-refractivity contribution is -0.149. The summed E-state index contributed by atoms with van der Waals surface area (Å²) >= 11 is 7.35. The fourth-order valence-electron chi connectivity index (χ4n) is 2.25. The molecule has 108 valence electrons. The van der Waals surface area contributed by atoms with Crippen LogP contribution in [0.15, 0.2) is 29.2 Å². The van der Waals surface area contributed by atoms with Gasteiger partial charge in [-0.3, -0.25) is 9.59 Å². The monoisotopic (exact) mass is 312 g/mol. The first-order chi connectivity index (χ1) is 9.60. The van der Waals surface area contributed by atoms with Gasteiger partial charge < -0.3 is 4.74 Å².